The van der Waals surface area contributed by atoms with Gasteiger partial charge in [0, 0.05) is 0 Å². The molecule has 0 radical (unpaired) electrons. The summed E-state index contributed by atoms with van der Waals surface area (Å²) in [6, 6.07) is 5.92. The molecule has 20 heavy (non-hydrogen) atoms. The van der Waals surface area contributed by atoms with Crippen LogP contribution >= 0.6 is 0 Å². The van der Waals surface area contributed by atoms with Crippen LogP contribution in [0.4, 0.5) is 5.69 Å². The minimum absolute atomic E-state index is 0. The first-order valence-corrected chi connectivity index (χ1v) is 7.75. The van der Waals surface area contributed by atoms with Crippen molar-refractivity contribution in [2.45, 2.75) is 9.79 Å². The van der Waals surface area contributed by atoms with Crippen LogP contribution < -0.4 is 35.3 Å². The fraction of sp³-hybridized carbons (Fsp3) is 0. The molecule has 7 nitrogen and oxygen atoms in total. The average Bonchev–Trinajstić information content (AvgIpc) is 2.24. The van der Waals surface area contributed by atoms with Crippen LogP contribution in [0.5, 0.6) is 0 Å². The molecule has 0 unspecified atom stereocenters. The fourth-order valence-corrected chi connectivity index (χ4v) is 2.80. The molecule has 104 valence electrons. The molecule has 2 rings (SSSR count). The summed E-state index contributed by atoms with van der Waals surface area (Å²) in [5.41, 5.74) is 5.33. The number of rotatable bonds is 2. The maximum Gasteiger partial charge on any atom is 1.00 e. The molecule has 2 aromatic rings. The number of benzene rings is 2. The van der Waals surface area contributed by atoms with E-state index in [9.17, 15) is 16.8 Å². The van der Waals surface area contributed by atoms with E-state index in [2.05, 4.69) is 0 Å². The number of hydrogen-bond donors (Lipinski definition) is 3. The van der Waals surface area contributed by atoms with E-state index >= 15 is 0 Å². The van der Waals surface area contributed by atoms with Crippen molar-refractivity contribution in [3.8, 4) is 0 Å². The first-order valence-electron chi connectivity index (χ1n) is 4.87. The summed E-state index contributed by atoms with van der Waals surface area (Å²) in [5.74, 6) is 0. The van der Waals surface area contributed by atoms with Gasteiger partial charge in [0.05, 0.1) is 10.6 Å². The zero-order valence-electron chi connectivity index (χ0n) is 11.3. The number of fused-ring (bicyclic) bond motifs is 1. The SMILES string of the molecule is Nc1cc2ccc(S(=O)(=O)O)cc2cc1S(=O)(=O)O.[H-].[Na+]. The van der Waals surface area contributed by atoms with Crippen molar-refractivity contribution >= 4 is 36.7 Å². The molecule has 0 atom stereocenters. The third-order valence-electron chi connectivity index (χ3n) is 2.52. The van der Waals surface area contributed by atoms with E-state index in [1.807, 2.05) is 0 Å². The largest absolute Gasteiger partial charge is 1.00 e. The number of hydrogen-bond acceptors (Lipinski definition) is 5. The van der Waals surface area contributed by atoms with Gasteiger partial charge in [0.1, 0.15) is 4.90 Å². The Morgan fingerprint density at radius 2 is 1.50 bits per heavy atom. The van der Waals surface area contributed by atoms with Gasteiger partial charge in [0.25, 0.3) is 20.2 Å². The molecular formula is C10H10NNaO6S2. The molecule has 0 aromatic heterocycles. The van der Waals surface area contributed by atoms with Crippen molar-refractivity contribution < 1.29 is 56.9 Å². The normalized spacial score (nSPS) is 12.1. The van der Waals surface area contributed by atoms with Gasteiger partial charge in [-0.2, -0.15) is 16.8 Å². The molecule has 4 N–H and O–H groups in total. The molecule has 0 saturated heterocycles. The second kappa shape index (κ2) is 5.60. The molecular weight excluding hydrogens is 317 g/mol. The Balaban J connectivity index is 0.00000200. The second-order valence-corrected chi connectivity index (χ2v) is 6.66. The van der Waals surface area contributed by atoms with Crippen LogP contribution in [0.15, 0.2) is 40.1 Å². The summed E-state index contributed by atoms with van der Waals surface area (Å²) in [5, 5.41) is 0.675. The quantitative estimate of drug-likeness (QED) is 0.331. The molecule has 10 heteroatoms. The average molecular weight is 327 g/mol. The third kappa shape index (κ3) is 3.50. The van der Waals surface area contributed by atoms with E-state index in [1.54, 1.807) is 0 Å². The van der Waals surface area contributed by atoms with E-state index in [4.69, 9.17) is 14.8 Å². The van der Waals surface area contributed by atoms with Crippen LogP contribution in [0.2, 0.25) is 0 Å². The summed E-state index contributed by atoms with van der Waals surface area (Å²) in [7, 11) is -8.91. The maximum atomic E-state index is 11.1. The smallest absolute Gasteiger partial charge is 1.00 e. The van der Waals surface area contributed by atoms with Crippen LogP contribution in [0.1, 0.15) is 1.43 Å². The van der Waals surface area contributed by atoms with Crippen LogP contribution in [0.25, 0.3) is 10.8 Å². The first-order chi connectivity index (χ1) is 8.59. The molecule has 0 aliphatic heterocycles. The van der Waals surface area contributed by atoms with Crippen LogP contribution in [0, 0.1) is 0 Å². The van der Waals surface area contributed by atoms with Crippen LogP contribution in [0.3, 0.4) is 0 Å². The summed E-state index contributed by atoms with van der Waals surface area (Å²) < 4.78 is 62.0. The number of nitrogens with two attached hydrogens (primary N) is 1. The van der Waals surface area contributed by atoms with Gasteiger partial charge < -0.3 is 7.16 Å². The molecule has 0 aliphatic rings. The van der Waals surface area contributed by atoms with Gasteiger partial charge in [-0.1, -0.05) is 6.07 Å². The molecule has 0 aliphatic carbocycles. The van der Waals surface area contributed by atoms with E-state index < -0.39 is 25.1 Å². The van der Waals surface area contributed by atoms with E-state index in [1.165, 1.54) is 12.1 Å². The van der Waals surface area contributed by atoms with Crippen molar-refractivity contribution in [3.05, 3.63) is 30.3 Å². The number of anilines is 1. The Bertz CT molecular complexity index is 882. The van der Waals surface area contributed by atoms with Gasteiger partial charge >= 0.3 is 29.6 Å². The minimum atomic E-state index is -4.51. The number of nitrogen functional groups attached to an aromatic ring is 1. The van der Waals surface area contributed by atoms with Crippen molar-refractivity contribution in [3.63, 3.8) is 0 Å². The molecule has 0 fully saturated rings. The molecule has 0 heterocycles. The predicted octanol–water partition coefficient (Wildman–Crippen LogP) is -1.97. The second-order valence-electron chi connectivity index (χ2n) is 3.85. The Kier molecular flexibility index (Phi) is 4.87. The zero-order valence-corrected chi connectivity index (χ0v) is 13.9. The molecule has 0 amide bonds. The predicted molar refractivity (Wildman–Crippen MR) is 69.1 cm³/mol. The Morgan fingerprint density at radius 1 is 0.900 bits per heavy atom. The van der Waals surface area contributed by atoms with E-state index in [0.29, 0.717) is 5.39 Å². The van der Waals surface area contributed by atoms with Gasteiger partial charge in [0.2, 0.25) is 0 Å². The molecule has 0 spiro atoms. The Morgan fingerprint density at radius 3 is 2.00 bits per heavy atom. The van der Waals surface area contributed by atoms with Gasteiger partial charge in [-0.25, -0.2) is 0 Å². The monoisotopic (exact) mass is 327 g/mol. The van der Waals surface area contributed by atoms with Gasteiger partial charge in [-0.3, -0.25) is 9.11 Å². The van der Waals surface area contributed by atoms with Gasteiger partial charge in [0.15, 0.2) is 0 Å². The zero-order chi connectivity index (χ0) is 14.4. The third-order valence-corrected chi connectivity index (χ3v) is 4.28. The first kappa shape index (κ1) is 17.4. The van der Waals surface area contributed by atoms with Crippen LogP contribution in [-0.2, 0) is 20.2 Å². The maximum absolute atomic E-state index is 11.1. The molecule has 0 bridgehead atoms. The van der Waals surface area contributed by atoms with Crippen molar-refractivity contribution in [1.29, 1.82) is 0 Å². The molecule has 2 aromatic carbocycles. The van der Waals surface area contributed by atoms with Gasteiger partial charge in [-0.05, 0) is 35.0 Å². The Hall–Kier alpha value is -0.680. The summed E-state index contributed by atoms with van der Waals surface area (Å²) >= 11 is 0. The standard InChI is InChI=1S/C10H9NO6S2.Na.H/c11-9-4-6-1-2-8(18(12,13)14)3-7(6)5-10(9)19(15,16)17;;/h1-5H,11H2,(H,12,13,14)(H,15,16,17);;/q;+1;-1. The summed E-state index contributed by atoms with van der Waals surface area (Å²) in [4.78, 5) is -0.904. The summed E-state index contributed by atoms with van der Waals surface area (Å²) in [6.07, 6.45) is 0. The minimum Gasteiger partial charge on any atom is -1.00 e. The van der Waals surface area contributed by atoms with Crippen molar-refractivity contribution in [2.24, 2.45) is 0 Å². The van der Waals surface area contributed by atoms with Crippen molar-refractivity contribution in [2.75, 3.05) is 5.73 Å². The van der Waals surface area contributed by atoms with E-state index in [-0.39, 0.29) is 47.0 Å². The topological polar surface area (TPSA) is 135 Å². The Labute approximate surface area is 139 Å². The molecule has 0 saturated carbocycles. The van der Waals surface area contributed by atoms with Crippen molar-refractivity contribution in [1.82, 2.24) is 0 Å². The fourth-order valence-electron chi connectivity index (χ4n) is 1.66. The van der Waals surface area contributed by atoms with Crippen LogP contribution in [-0.4, -0.2) is 25.9 Å². The van der Waals surface area contributed by atoms with Gasteiger partial charge in [-0.15, -0.1) is 0 Å². The summed E-state index contributed by atoms with van der Waals surface area (Å²) in [6.45, 7) is 0. The van der Waals surface area contributed by atoms with E-state index in [0.717, 1.165) is 18.2 Å².